The summed E-state index contributed by atoms with van der Waals surface area (Å²) in [6, 6.07) is 6.02. The van der Waals surface area contributed by atoms with Crippen molar-refractivity contribution >= 4 is 27.7 Å². The Morgan fingerprint density at radius 3 is 2.87 bits per heavy atom. The van der Waals surface area contributed by atoms with E-state index >= 15 is 0 Å². The lowest BCUT2D eigenvalue weighted by molar-refractivity contribution is -0.124. The molecule has 1 amide bonds. The van der Waals surface area contributed by atoms with Gasteiger partial charge in [-0.2, -0.15) is 16.1 Å². The monoisotopic (exact) mass is 360 g/mol. The maximum atomic E-state index is 13.4. The summed E-state index contributed by atoms with van der Waals surface area (Å²) in [5.74, 6) is 0.714. The van der Waals surface area contributed by atoms with Crippen LogP contribution in [0.25, 0.3) is 0 Å². The highest BCUT2D eigenvalue weighted by atomic mass is 32.2. The van der Waals surface area contributed by atoms with E-state index in [1.165, 1.54) is 22.1 Å². The Labute approximate surface area is 140 Å². The number of nitrogens with zero attached hydrogens (tertiary/aromatic N) is 1. The first kappa shape index (κ1) is 18.2. The summed E-state index contributed by atoms with van der Waals surface area (Å²) >= 11 is 1.52. The van der Waals surface area contributed by atoms with Crippen LogP contribution in [0, 0.1) is 5.82 Å². The van der Waals surface area contributed by atoms with E-state index in [1.54, 1.807) is 18.2 Å². The number of nitrogens with one attached hydrogen (secondary N) is 1. The fourth-order valence-electron chi connectivity index (χ4n) is 2.56. The number of rotatable bonds is 7. The Kier molecular flexibility index (Phi) is 6.43. The zero-order valence-electron chi connectivity index (χ0n) is 13.0. The van der Waals surface area contributed by atoms with Crippen LogP contribution in [0.5, 0.6) is 0 Å². The van der Waals surface area contributed by atoms with E-state index < -0.39 is 16.1 Å². The average Bonchev–Trinajstić information content (AvgIpc) is 2.98. The minimum Gasteiger partial charge on any atom is -0.354 e. The number of halogens is 1. The van der Waals surface area contributed by atoms with Gasteiger partial charge in [-0.1, -0.05) is 18.2 Å². The highest BCUT2D eigenvalue weighted by Crippen LogP contribution is 2.20. The minimum absolute atomic E-state index is 0.223. The molecule has 0 bridgehead atoms. The van der Waals surface area contributed by atoms with Gasteiger partial charge in [-0.15, -0.1) is 0 Å². The van der Waals surface area contributed by atoms with Crippen LogP contribution in [0.1, 0.15) is 18.4 Å². The lowest BCUT2D eigenvalue weighted by Gasteiger charge is -2.21. The van der Waals surface area contributed by atoms with E-state index in [2.05, 4.69) is 5.32 Å². The predicted molar refractivity (Wildman–Crippen MR) is 90.1 cm³/mol. The first-order valence-electron chi connectivity index (χ1n) is 7.45. The van der Waals surface area contributed by atoms with Crippen molar-refractivity contribution in [3.05, 3.63) is 35.6 Å². The van der Waals surface area contributed by atoms with E-state index in [0.717, 1.165) is 6.26 Å². The topological polar surface area (TPSA) is 66.5 Å². The number of amides is 1. The standard InChI is InChI=1S/C15H21FN2O3S2/c1-23(20,21)18-9-4-7-14(18)15(19)17-8-10-22-11-12-5-2-3-6-13(12)16/h2-3,5-6,14H,4,7-11H2,1H3,(H,17,19). The van der Waals surface area contributed by atoms with E-state index in [-0.39, 0.29) is 11.7 Å². The van der Waals surface area contributed by atoms with Crippen LogP contribution in [0.2, 0.25) is 0 Å². The second-order valence-corrected chi connectivity index (χ2v) is 8.51. The zero-order chi connectivity index (χ0) is 16.9. The fourth-order valence-corrected chi connectivity index (χ4v) is 4.53. The van der Waals surface area contributed by atoms with Crippen molar-refractivity contribution in [3.8, 4) is 0 Å². The van der Waals surface area contributed by atoms with Crippen LogP contribution in [-0.4, -0.2) is 49.8 Å². The number of carbonyl (C=O) groups is 1. The van der Waals surface area contributed by atoms with Gasteiger partial charge in [0.1, 0.15) is 11.9 Å². The van der Waals surface area contributed by atoms with Gasteiger partial charge >= 0.3 is 0 Å². The zero-order valence-corrected chi connectivity index (χ0v) is 14.6. The van der Waals surface area contributed by atoms with Gasteiger partial charge in [0.05, 0.1) is 6.26 Å². The van der Waals surface area contributed by atoms with Crippen LogP contribution in [0.15, 0.2) is 24.3 Å². The largest absolute Gasteiger partial charge is 0.354 e. The molecule has 8 heteroatoms. The van der Waals surface area contributed by atoms with Gasteiger partial charge in [0.15, 0.2) is 0 Å². The molecule has 1 N–H and O–H groups in total. The molecule has 0 radical (unpaired) electrons. The minimum atomic E-state index is -3.35. The summed E-state index contributed by atoms with van der Waals surface area (Å²) in [5.41, 5.74) is 0.642. The lowest BCUT2D eigenvalue weighted by Crippen LogP contribution is -2.46. The maximum absolute atomic E-state index is 13.4. The molecule has 5 nitrogen and oxygen atoms in total. The van der Waals surface area contributed by atoms with Gasteiger partial charge in [0, 0.05) is 24.6 Å². The third-order valence-corrected chi connectivity index (χ3v) is 5.99. The van der Waals surface area contributed by atoms with E-state index in [4.69, 9.17) is 0 Å². The van der Waals surface area contributed by atoms with Gasteiger partial charge < -0.3 is 5.32 Å². The van der Waals surface area contributed by atoms with Crippen molar-refractivity contribution in [3.63, 3.8) is 0 Å². The lowest BCUT2D eigenvalue weighted by atomic mass is 10.2. The van der Waals surface area contributed by atoms with Crippen LogP contribution in [-0.2, 0) is 20.6 Å². The van der Waals surface area contributed by atoms with Gasteiger partial charge in [-0.05, 0) is 24.5 Å². The Balaban J connectivity index is 1.72. The van der Waals surface area contributed by atoms with Crippen molar-refractivity contribution in [2.75, 3.05) is 25.1 Å². The van der Waals surface area contributed by atoms with Gasteiger partial charge in [-0.25, -0.2) is 12.8 Å². The van der Waals surface area contributed by atoms with Crippen LogP contribution in [0.4, 0.5) is 4.39 Å². The predicted octanol–water partition coefficient (Wildman–Crippen LogP) is 1.60. The number of benzene rings is 1. The van der Waals surface area contributed by atoms with E-state index in [1.807, 2.05) is 0 Å². The molecule has 1 aliphatic rings. The Bertz CT molecular complexity index is 652. The molecule has 2 rings (SSSR count). The second-order valence-electron chi connectivity index (χ2n) is 5.47. The molecular weight excluding hydrogens is 339 g/mol. The quantitative estimate of drug-likeness (QED) is 0.750. The summed E-state index contributed by atoms with van der Waals surface area (Å²) in [7, 11) is -3.35. The highest BCUT2D eigenvalue weighted by Gasteiger charge is 2.36. The summed E-state index contributed by atoms with van der Waals surface area (Å²) in [6.07, 6.45) is 2.39. The Hall–Kier alpha value is -1.12. The molecule has 0 aromatic heterocycles. The second kappa shape index (κ2) is 8.12. The first-order valence-corrected chi connectivity index (χ1v) is 10.5. The van der Waals surface area contributed by atoms with Crippen LogP contribution in [0.3, 0.4) is 0 Å². The third kappa shape index (κ3) is 5.19. The van der Waals surface area contributed by atoms with Crippen molar-refractivity contribution in [1.29, 1.82) is 0 Å². The van der Waals surface area contributed by atoms with Gasteiger partial charge in [0.25, 0.3) is 0 Å². The Morgan fingerprint density at radius 2 is 2.17 bits per heavy atom. The van der Waals surface area contributed by atoms with Crippen LogP contribution >= 0.6 is 11.8 Å². The molecule has 1 atom stereocenters. The summed E-state index contributed by atoms with van der Waals surface area (Å²) in [6.45, 7) is 0.838. The first-order chi connectivity index (χ1) is 10.9. The number of hydrogen-bond donors (Lipinski definition) is 1. The molecule has 1 unspecified atom stereocenters. The van der Waals surface area contributed by atoms with Crippen molar-refractivity contribution in [1.82, 2.24) is 9.62 Å². The molecule has 1 fully saturated rings. The molecule has 0 aliphatic carbocycles. The molecule has 23 heavy (non-hydrogen) atoms. The van der Waals surface area contributed by atoms with Crippen LogP contribution < -0.4 is 5.32 Å². The maximum Gasteiger partial charge on any atom is 0.238 e. The molecule has 0 saturated carbocycles. The van der Waals surface area contributed by atoms with Crippen molar-refractivity contribution in [2.45, 2.75) is 24.6 Å². The fraction of sp³-hybridized carbons (Fsp3) is 0.533. The molecule has 128 valence electrons. The average molecular weight is 360 g/mol. The highest BCUT2D eigenvalue weighted by molar-refractivity contribution is 7.98. The molecule has 1 aromatic carbocycles. The number of hydrogen-bond acceptors (Lipinski definition) is 4. The number of thioether (sulfide) groups is 1. The molecule has 1 heterocycles. The molecule has 1 aromatic rings. The SMILES string of the molecule is CS(=O)(=O)N1CCCC1C(=O)NCCSCc1ccccc1F. The summed E-state index contributed by atoms with van der Waals surface area (Å²) in [5, 5.41) is 2.77. The smallest absolute Gasteiger partial charge is 0.238 e. The molecular formula is C15H21FN2O3S2. The normalized spacial score (nSPS) is 19.0. The van der Waals surface area contributed by atoms with Crippen molar-refractivity contribution in [2.24, 2.45) is 0 Å². The summed E-state index contributed by atoms with van der Waals surface area (Å²) < 4.78 is 37.9. The van der Waals surface area contributed by atoms with E-state index in [9.17, 15) is 17.6 Å². The molecule has 0 spiro atoms. The Morgan fingerprint density at radius 1 is 1.43 bits per heavy atom. The number of carbonyl (C=O) groups excluding carboxylic acids is 1. The molecule has 1 aliphatic heterocycles. The van der Waals surface area contributed by atoms with Crippen molar-refractivity contribution < 1.29 is 17.6 Å². The third-order valence-electron chi connectivity index (χ3n) is 3.69. The van der Waals surface area contributed by atoms with E-state index in [0.29, 0.717) is 43.0 Å². The van der Waals surface area contributed by atoms with Gasteiger partial charge in [-0.3, -0.25) is 4.79 Å². The number of sulfonamides is 1. The molecule has 1 saturated heterocycles. The summed E-state index contributed by atoms with van der Waals surface area (Å²) in [4.78, 5) is 12.1. The van der Waals surface area contributed by atoms with Gasteiger partial charge in [0.2, 0.25) is 15.9 Å².